The predicted molar refractivity (Wildman–Crippen MR) is 146 cm³/mol. The standard InChI is InChI=1S/C26H49ClN8O2/c1-37-20-15-34(16-20)18-7-10-33(11-8-18)22-6-9-30-13-21(22)32-26(36)23(24(28)29)25-31-12-17(27)14-35(25)19-4-2-3-5-19/h17-25,30-31H,2-16,28-29H2,1H3,(H,32,36). The van der Waals surface area contributed by atoms with E-state index in [2.05, 4.69) is 30.7 Å². The van der Waals surface area contributed by atoms with Crippen LogP contribution in [0.1, 0.15) is 44.9 Å². The molecule has 1 amide bonds. The molecule has 0 radical (unpaired) electrons. The molecule has 5 rings (SSSR count). The number of hydrogen-bond acceptors (Lipinski definition) is 9. The van der Waals surface area contributed by atoms with E-state index in [9.17, 15) is 4.79 Å². The van der Waals surface area contributed by atoms with Crippen molar-refractivity contribution in [2.75, 3.05) is 59.5 Å². The van der Waals surface area contributed by atoms with Gasteiger partial charge < -0.3 is 26.8 Å². The third-order valence-corrected chi connectivity index (χ3v) is 9.93. The quantitative estimate of drug-likeness (QED) is 0.200. The third-order valence-electron chi connectivity index (χ3n) is 9.63. The first-order valence-corrected chi connectivity index (χ1v) is 15.0. The molecule has 0 aromatic rings. The van der Waals surface area contributed by atoms with Crippen LogP contribution in [-0.4, -0.2) is 128 Å². The Morgan fingerprint density at radius 2 is 1.73 bits per heavy atom. The summed E-state index contributed by atoms with van der Waals surface area (Å²) in [6.45, 7) is 7.46. The van der Waals surface area contributed by atoms with E-state index in [1.165, 1.54) is 25.7 Å². The van der Waals surface area contributed by atoms with E-state index < -0.39 is 12.1 Å². The molecule has 5 fully saturated rings. The van der Waals surface area contributed by atoms with E-state index in [4.69, 9.17) is 27.8 Å². The summed E-state index contributed by atoms with van der Waals surface area (Å²) in [6, 6.07) is 1.47. The molecule has 10 nitrogen and oxygen atoms in total. The highest BCUT2D eigenvalue weighted by Crippen LogP contribution is 2.30. The minimum atomic E-state index is -0.744. The van der Waals surface area contributed by atoms with Crippen molar-refractivity contribution < 1.29 is 9.53 Å². The van der Waals surface area contributed by atoms with Gasteiger partial charge in [0.05, 0.1) is 35.8 Å². The molecule has 0 bridgehead atoms. The van der Waals surface area contributed by atoms with Crippen LogP contribution in [0.5, 0.6) is 0 Å². The zero-order valence-corrected chi connectivity index (χ0v) is 23.2. The molecule has 7 N–H and O–H groups in total. The molecule has 212 valence electrons. The highest BCUT2D eigenvalue weighted by Gasteiger charge is 2.44. The number of rotatable bonds is 8. The fraction of sp³-hybridized carbons (Fsp3) is 0.962. The topological polar surface area (TPSA) is 124 Å². The molecule has 37 heavy (non-hydrogen) atoms. The average Bonchev–Trinajstić information content (AvgIpc) is 3.40. The maximum atomic E-state index is 13.8. The molecule has 1 aliphatic carbocycles. The maximum Gasteiger partial charge on any atom is 0.229 e. The summed E-state index contributed by atoms with van der Waals surface area (Å²) in [7, 11) is 1.81. The zero-order valence-electron chi connectivity index (χ0n) is 22.5. The van der Waals surface area contributed by atoms with Gasteiger partial charge in [0, 0.05) is 71.0 Å². The van der Waals surface area contributed by atoms with Crippen LogP contribution >= 0.6 is 11.6 Å². The summed E-state index contributed by atoms with van der Waals surface area (Å²) < 4.78 is 5.46. The number of amides is 1. The number of carbonyl (C=O) groups excluding carboxylic acids is 1. The van der Waals surface area contributed by atoms with Crippen molar-refractivity contribution in [1.29, 1.82) is 0 Å². The lowest BCUT2D eigenvalue weighted by atomic mass is 9.91. The summed E-state index contributed by atoms with van der Waals surface area (Å²) in [5, 5.41) is 10.5. The van der Waals surface area contributed by atoms with Crippen LogP contribution in [0.3, 0.4) is 0 Å². The molecule has 5 unspecified atom stereocenters. The van der Waals surface area contributed by atoms with Gasteiger partial charge in [-0.3, -0.25) is 24.8 Å². The van der Waals surface area contributed by atoms with Crippen molar-refractivity contribution >= 4 is 17.5 Å². The van der Waals surface area contributed by atoms with Gasteiger partial charge in [-0.2, -0.15) is 0 Å². The van der Waals surface area contributed by atoms with Crippen LogP contribution in [0.2, 0.25) is 0 Å². The summed E-state index contributed by atoms with van der Waals surface area (Å²) in [5.74, 6) is -0.568. The van der Waals surface area contributed by atoms with Crippen molar-refractivity contribution in [2.45, 2.75) is 92.9 Å². The molecule has 4 saturated heterocycles. The molecule has 0 aromatic heterocycles. The van der Waals surface area contributed by atoms with Gasteiger partial charge in [-0.1, -0.05) is 12.8 Å². The third kappa shape index (κ3) is 6.44. The molecule has 4 heterocycles. The van der Waals surface area contributed by atoms with Crippen LogP contribution in [0.4, 0.5) is 0 Å². The molecule has 1 saturated carbocycles. The van der Waals surface area contributed by atoms with E-state index in [1.807, 2.05) is 7.11 Å². The molecular weight excluding hydrogens is 492 g/mol. The number of nitrogens with two attached hydrogens (primary N) is 2. The SMILES string of the molecule is COC1CN(C2CCN(C3CCNCC3NC(=O)C(C(N)N)C3NCC(Cl)CN3C3CCCC3)CC2)C1. The zero-order chi connectivity index (χ0) is 25.9. The fourth-order valence-electron chi connectivity index (χ4n) is 7.45. The minimum absolute atomic E-state index is 0.0288. The van der Waals surface area contributed by atoms with E-state index >= 15 is 0 Å². The average molecular weight is 541 g/mol. The van der Waals surface area contributed by atoms with Gasteiger partial charge in [0.15, 0.2) is 0 Å². The van der Waals surface area contributed by atoms with Gasteiger partial charge in [0.1, 0.15) is 0 Å². The number of halogens is 1. The molecule has 5 atom stereocenters. The number of likely N-dealkylation sites (tertiary alicyclic amines) is 2. The largest absolute Gasteiger partial charge is 0.379 e. The Morgan fingerprint density at radius 3 is 2.41 bits per heavy atom. The first-order valence-electron chi connectivity index (χ1n) is 14.6. The van der Waals surface area contributed by atoms with Gasteiger partial charge in [-0.15, -0.1) is 11.6 Å². The summed E-state index contributed by atoms with van der Waals surface area (Å²) >= 11 is 6.55. The molecule has 0 spiro atoms. The second kappa shape index (κ2) is 12.7. The van der Waals surface area contributed by atoms with Crippen LogP contribution < -0.4 is 27.4 Å². The Morgan fingerprint density at radius 1 is 1.00 bits per heavy atom. The Balaban J connectivity index is 1.21. The molecule has 0 aromatic carbocycles. The van der Waals surface area contributed by atoms with Gasteiger partial charge >= 0.3 is 0 Å². The van der Waals surface area contributed by atoms with E-state index in [1.54, 1.807) is 0 Å². The Labute approximate surface area is 227 Å². The van der Waals surface area contributed by atoms with E-state index in [-0.39, 0.29) is 23.5 Å². The molecule has 11 heteroatoms. The number of piperidine rings is 2. The number of nitrogens with zero attached hydrogens (tertiary/aromatic N) is 3. The highest BCUT2D eigenvalue weighted by atomic mass is 35.5. The van der Waals surface area contributed by atoms with E-state index in [0.29, 0.717) is 30.8 Å². The Kier molecular flexibility index (Phi) is 9.64. The van der Waals surface area contributed by atoms with Gasteiger partial charge in [-0.25, -0.2) is 0 Å². The van der Waals surface area contributed by atoms with E-state index in [0.717, 1.165) is 65.1 Å². The first kappa shape index (κ1) is 28.0. The first-order chi connectivity index (χ1) is 17.9. The predicted octanol–water partition coefficient (Wildman–Crippen LogP) is -0.731. The van der Waals surface area contributed by atoms with Gasteiger partial charge in [-0.05, 0) is 38.6 Å². The summed E-state index contributed by atoms with van der Waals surface area (Å²) in [5.41, 5.74) is 12.6. The lowest BCUT2D eigenvalue weighted by Crippen LogP contribution is -2.69. The number of ether oxygens (including phenoxy) is 1. The van der Waals surface area contributed by atoms with Crippen molar-refractivity contribution in [3.63, 3.8) is 0 Å². The monoisotopic (exact) mass is 540 g/mol. The summed E-state index contributed by atoms with van der Waals surface area (Å²) in [6.07, 6.45) is 7.61. The second-order valence-corrected chi connectivity index (χ2v) is 12.6. The fourth-order valence-corrected chi connectivity index (χ4v) is 7.70. The Hall–Kier alpha value is -0.560. The van der Waals surface area contributed by atoms with Gasteiger partial charge in [0.2, 0.25) is 5.91 Å². The lowest BCUT2D eigenvalue weighted by Gasteiger charge is -2.49. The Bertz CT molecular complexity index is 742. The molecule has 4 aliphatic heterocycles. The van der Waals surface area contributed by atoms with Crippen LogP contribution in [0.25, 0.3) is 0 Å². The smallest absolute Gasteiger partial charge is 0.229 e. The van der Waals surface area contributed by atoms with Crippen LogP contribution in [-0.2, 0) is 9.53 Å². The second-order valence-electron chi connectivity index (χ2n) is 11.9. The number of carbonyl (C=O) groups is 1. The lowest BCUT2D eigenvalue weighted by molar-refractivity contribution is -0.131. The van der Waals surface area contributed by atoms with Crippen molar-refractivity contribution in [3.8, 4) is 0 Å². The van der Waals surface area contributed by atoms with Crippen LogP contribution in [0, 0.1) is 5.92 Å². The van der Waals surface area contributed by atoms with Crippen molar-refractivity contribution in [2.24, 2.45) is 17.4 Å². The van der Waals surface area contributed by atoms with Crippen molar-refractivity contribution in [3.05, 3.63) is 0 Å². The van der Waals surface area contributed by atoms with Crippen LogP contribution in [0.15, 0.2) is 0 Å². The number of methoxy groups -OCH3 is 1. The minimum Gasteiger partial charge on any atom is -0.379 e. The molecular formula is C26H49ClN8O2. The van der Waals surface area contributed by atoms with Gasteiger partial charge in [0.25, 0.3) is 0 Å². The normalized spacial score (nSPS) is 35.1. The number of nitrogens with one attached hydrogen (secondary N) is 3. The number of alkyl halides is 1. The van der Waals surface area contributed by atoms with Crippen molar-refractivity contribution in [1.82, 2.24) is 30.7 Å². The number of hydrogen-bond donors (Lipinski definition) is 5. The highest BCUT2D eigenvalue weighted by molar-refractivity contribution is 6.21. The molecule has 5 aliphatic rings. The summed E-state index contributed by atoms with van der Waals surface area (Å²) in [4.78, 5) is 21.4. The maximum absolute atomic E-state index is 13.8.